The van der Waals surface area contributed by atoms with Gasteiger partial charge in [-0.3, -0.25) is 0 Å². The molecule has 0 unspecified atom stereocenters. The van der Waals surface area contributed by atoms with Crippen molar-refractivity contribution in [3.05, 3.63) is 267 Å². The van der Waals surface area contributed by atoms with Crippen molar-refractivity contribution in [2.24, 2.45) is 0 Å². The van der Waals surface area contributed by atoms with E-state index in [2.05, 4.69) is 259 Å². The fraction of sp³-hybridized carbons (Fsp3) is 0. The SMILES string of the molecule is c1ccc(-c2ccc(-c3nc(-c4cc(-c5ccccc5)cc(-c5ccccc5)c4)nc(-c4cc(-c5ccccc5)c(-n5c6ccccc6c6c7c(ccc65)oc5ccccc57)c(-c5ccccc5)c4)n3)cc2)cc1. The van der Waals surface area contributed by atoms with Crippen LogP contribution in [-0.2, 0) is 0 Å². The predicted molar refractivity (Wildman–Crippen MR) is 305 cm³/mol. The summed E-state index contributed by atoms with van der Waals surface area (Å²) in [5.41, 5.74) is 18.5. The monoisotopic (exact) mass is 944 g/mol. The molecule has 0 aliphatic rings. The minimum Gasteiger partial charge on any atom is -0.456 e. The smallest absolute Gasteiger partial charge is 0.164 e. The quantitative estimate of drug-likeness (QED) is 0.145. The van der Waals surface area contributed by atoms with Crippen molar-refractivity contribution in [2.45, 2.75) is 0 Å². The Balaban J connectivity index is 1.06. The average Bonchev–Trinajstić information content (AvgIpc) is 4.09. The Hall–Kier alpha value is -9.97. The van der Waals surface area contributed by atoms with Crippen LogP contribution in [-0.4, -0.2) is 19.5 Å². The fourth-order valence-electron chi connectivity index (χ4n) is 10.8. The zero-order valence-electron chi connectivity index (χ0n) is 40.1. The minimum absolute atomic E-state index is 0.568. The van der Waals surface area contributed by atoms with Crippen LogP contribution in [0.25, 0.3) is 139 Å². The summed E-state index contributed by atoms with van der Waals surface area (Å²) < 4.78 is 8.97. The Labute approximate surface area is 428 Å². The second kappa shape index (κ2) is 18.0. The predicted octanol–water partition coefficient (Wildman–Crippen LogP) is 18.2. The Morgan fingerprint density at radius 2 is 0.662 bits per heavy atom. The molecule has 5 heteroatoms. The van der Waals surface area contributed by atoms with Crippen molar-refractivity contribution in [3.63, 3.8) is 0 Å². The molecule has 11 aromatic carbocycles. The molecule has 0 fully saturated rings. The van der Waals surface area contributed by atoms with Crippen LogP contribution in [0, 0.1) is 0 Å². The van der Waals surface area contributed by atoms with E-state index in [1.807, 2.05) is 12.1 Å². The van der Waals surface area contributed by atoms with Crippen molar-refractivity contribution in [1.29, 1.82) is 0 Å². The molecule has 0 aliphatic carbocycles. The van der Waals surface area contributed by atoms with E-state index in [-0.39, 0.29) is 0 Å². The van der Waals surface area contributed by atoms with Gasteiger partial charge in [0.15, 0.2) is 17.5 Å². The summed E-state index contributed by atoms with van der Waals surface area (Å²) in [5.74, 6) is 1.73. The lowest BCUT2D eigenvalue weighted by Gasteiger charge is -2.21. The van der Waals surface area contributed by atoms with E-state index in [0.29, 0.717) is 17.5 Å². The molecular formula is C69H44N4O. The number of furan rings is 1. The first-order valence-electron chi connectivity index (χ1n) is 25.0. The van der Waals surface area contributed by atoms with E-state index in [1.54, 1.807) is 0 Å². The summed E-state index contributed by atoms with van der Waals surface area (Å²) in [6, 6.07) is 94.2. The van der Waals surface area contributed by atoms with E-state index < -0.39 is 0 Å². The van der Waals surface area contributed by atoms with Gasteiger partial charge >= 0.3 is 0 Å². The highest BCUT2D eigenvalue weighted by Gasteiger charge is 2.25. The topological polar surface area (TPSA) is 56.7 Å². The van der Waals surface area contributed by atoms with Gasteiger partial charge in [-0.2, -0.15) is 0 Å². The summed E-state index contributed by atoms with van der Waals surface area (Å²) in [7, 11) is 0. The first-order chi connectivity index (χ1) is 36.7. The van der Waals surface area contributed by atoms with E-state index in [1.165, 1.54) is 0 Å². The normalized spacial score (nSPS) is 11.5. The third kappa shape index (κ3) is 7.54. The van der Waals surface area contributed by atoms with Gasteiger partial charge in [-0.05, 0) is 99.1 Å². The van der Waals surface area contributed by atoms with Crippen LogP contribution in [0.3, 0.4) is 0 Å². The van der Waals surface area contributed by atoms with Gasteiger partial charge in [0.2, 0.25) is 0 Å². The van der Waals surface area contributed by atoms with Crippen LogP contribution in [0.1, 0.15) is 0 Å². The van der Waals surface area contributed by atoms with Gasteiger partial charge in [-0.1, -0.05) is 212 Å². The molecule has 0 saturated carbocycles. The standard InChI is InChI=1S/C69H44N4O/c1-6-20-45(21-7-1)48-34-36-51(37-35-48)67-70-68(54-41-52(46-22-8-2-9-23-46)40-53(42-54)47-24-10-3-11-25-47)72-69(71-67)55-43-58(49-26-12-4-13-27-49)66(59(44-55)50-28-14-5-15-29-50)73-60-32-18-16-30-56(60)64-61(73)38-39-63-65(64)57-31-17-19-33-62(57)74-63/h1-44H. The van der Waals surface area contributed by atoms with Crippen molar-refractivity contribution in [1.82, 2.24) is 19.5 Å². The molecule has 0 amide bonds. The number of fused-ring (bicyclic) bond motifs is 7. The van der Waals surface area contributed by atoms with Crippen molar-refractivity contribution >= 4 is 43.7 Å². The summed E-state index contributed by atoms with van der Waals surface area (Å²) >= 11 is 0. The summed E-state index contributed by atoms with van der Waals surface area (Å²) in [6.07, 6.45) is 0. The molecule has 3 heterocycles. The van der Waals surface area contributed by atoms with Crippen LogP contribution >= 0.6 is 0 Å². The number of aromatic nitrogens is 4. The minimum atomic E-state index is 0.568. The molecule has 14 aromatic rings. The fourth-order valence-corrected chi connectivity index (χ4v) is 10.8. The van der Waals surface area contributed by atoms with Crippen molar-refractivity contribution in [2.75, 3.05) is 0 Å². The molecule has 3 aromatic heterocycles. The zero-order valence-corrected chi connectivity index (χ0v) is 40.1. The molecule has 0 saturated heterocycles. The van der Waals surface area contributed by atoms with Gasteiger partial charge in [0.1, 0.15) is 11.2 Å². The van der Waals surface area contributed by atoms with Gasteiger partial charge in [-0.25, -0.2) is 15.0 Å². The lowest BCUT2D eigenvalue weighted by molar-refractivity contribution is 0.669. The molecule has 346 valence electrons. The van der Waals surface area contributed by atoms with Gasteiger partial charge in [-0.15, -0.1) is 0 Å². The molecule has 5 nitrogen and oxygen atoms in total. The first-order valence-corrected chi connectivity index (χ1v) is 25.0. The third-order valence-corrected chi connectivity index (χ3v) is 14.2. The zero-order chi connectivity index (χ0) is 49.0. The Morgan fingerprint density at radius 3 is 1.22 bits per heavy atom. The van der Waals surface area contributed by atoms with Gasteiger partial charge in [0.05, 0.1) is 16.7 Å². The van der Waals surface area contributed by atoms with Gasteiger partial charge in [0, 0.05) is 49.4 Å². The lowest BCUT2D eigenvalue weighted by Crippen LogP contribution is -2.04. The van der Waals surface area contributed by atoms with Crippen LogP contribution in [0.4, 0.5) is 0 Å². The van der Waals surface area contributed by atoms with Crippen LogP contribution in [0.5, 0.6) is 0 Å². The van der Waals surface area contributed by atoms with Crippen LogP contribution < -0.4 is 0 Å². The molecule has 0 spiro atoms. The number of rotatable bonds is 9. The summed E-state index contributed by atoms with van der Waals surface area (Å²) in [6.45, 7) is 0. The highest BCUT2D eigenvalue weighted by atomic mass is 16.3. The number of para-hydroxylation sites is 2. The van der Waals surface area contributed by atoms with Crippen molar-refractivity contribution < 1.29 is 4.42 Å². The van der Waals surface area contributed by atoms with E-state index in [0.717, 1.165) is 122 Å². The molecule has 14 rings (SSSR count). The Kier molecular flexibility index (Phi) is 10.4. The Bertz CT molecular complexity index is 4260. The van der Waals surface area contributed by atoms with E-state index in [9.17, 15) is 0 Å². The second-order valence-electron chi connectivity index (χ2n) is 18.7. The average molecular weight is 945 g/mol. The van der Waals surface area contributed by atoms with Gasteiger partial charge < -0.3 is 8.98 Å². The van der Waals surface area contributed by atoms with Gasteiger partial charge in [0.25, 0.3) is 0 Å². The van der Waals surface area contributed by atoms with Crippen LogP contribution in [0.15, 0.2) is 271 Å². The number of benzene rings is 11. The van der Waals surface area contributed by atoms with E-state index in [4.69, 9.17) is 19.4 Å². The lowest BCUT2D eigenvalue weighted by atomic mass is 9.92. The molecule has 0 atom stereocenters. The van der Waals surface area contributed by atoms with E-state index >= 15 is 0 Å². The molecule has 0 bridgehead atoms. The summed E-state index contributed by atoms with van der Waals surface area (Å²) in [5, 5.41) is 4.52. The number of nitrogens with zero attached hydrogens (tertiary/aromatic N) is 4. The largest absolute Gasteiger partial charge is 0.456 e. The first kappa shape index (κ1) is 42.9. The number of hydrogen-bond donors (Lipinski definition) is 0. The molecule has 74 heavy (non-hydrogen) atoms. The van der Waals surface area contributed by atoms with Crippen LogP contribution in [0.2, 0.25) is 0 Å². The highest BCUT2D eigenvalue weighted by Crippen LogP contribution is 2.47. The molecule has 0 N–H and O–H groups in total. The molecule has 0 radical (unpaired) electrons. The Morgan fingerprint density at radius 1 is 0.257 bits per heavy atom. The highest BCUT2D eigenvalue weighted by molar-refractivity contribution is 6.27. The second-order valence-corrected chi connectivity index (χ2v) is 18.7. The van der Waals surface area contributed by atoms with Crippen molar-refractivity contribution in [3.8, 4) is 95.5 Å². The maximum Gasteiger partial charge on any atom is 0.164 e. The maximum atomic E-state index is 6.51. The molecular weight excluding hydrogens is 901 g/mol. The molecule has 0 aliphatic heterocycles. The summed E-state index contributed by atoms with van der Waals surface area (Å²) in [4.78, 5) is 16.3. The maximum absolute atomic E-state index is 6.51. The third-order valence-electron chi connectivity index (χ3n) is 14.2. The number of hydrogen-bond acceptors (Lipinski definition) is 4.